The van der Waals surface area contributed by atoms with Crippen LogP contribution >= 0.6 is 0 Å². The van der Waals surface area contributed by atoms with Crippen LogP contribution in [-0.2, 0) is 10.0 Å². The lowest BCUT2D eigenvalue weighted by Gasteiger charge is -2.41. The second-order valence-electron chi connectivity index (χ2n) is 5.80. The van der Waals surface area contributed by atoms with E-state index in [-0.39, 0.29) is 0 Å². The number of nitrogens with zero attached hydrogens (tertiary/aromatic N) is 2. The molecule has 6 heteroatoms. The minimum Gasteiger partial charge on any atom is -0.489 e. The SMILES string of the molecule is Cc1ccccc1S(=O)(=O)N1CCN2CCOc3cccc1c32. The molecule has 2 aromatic carbocycles. The Labute approximate surface area is 136 Å². The molecule has 0 amide bonds. The number of aryl methyl sites for hydroxylation is 1. The number of benzene rings is 2. The van der Waals surface area contributed by atoms with Crippen molar-refractivity contribution in [2.24, 2.45) is 0 Å². The quantitative estimate of drug-likeness (QED) is 0.848. The van der Waals surface area contributed by atoms with Crippen LogP contribution in [-0.4, -0.2) is 34.7 Å². The Balaban J connectivity index is 1.87. The number of para-hydroxylation sites is 1. The van der Waals surface area contributed by atoms with Crippen molar-refractivity contribution in [3.8, 4) is 5.75 Å². The van der Waals surface area contributed by atoms with Crippen molar-refractivity contribution in [1.29, 1.82) is 0 Å². The minimum absolute atomic E-state index is 0.364. The molecule has 5 nitrogen and oxygen atoms in total. The fraction of sp³-hybridized carbons (Fsp3) is 0.294. The molecule has 2 heterocycles. The second kappa shape index (κ2) is 5.16. The van der Waals surface area contributed by atoms with Crippen molar-refractivity contribution < 1.29 is 13.2 Å². The number of rotatable bonds is 2. The number of anilines is 2. The van der Waals surface area contributed by atoms with Crippen molar-refractivity contribution >= 4 is 21.4 Å². The maximum absolute atomic E-state index is 13.2. The third-order valence-electron chi connectivity index (χ3n) is 4.42. The molecule has 0 saturated carbocycles. The fourth-order valence-corrected chi connectivity index (χ4v) is 4.98. The van der Waals surface area contributed by atoms with Crippen molar-refractivity contribution in [1.82, 2.24) is 0 Å². The molecule has 0 aromatic heterocycles. The minimum atomic E-state index is -3.58. The molecule has 0 spiro atoms. The summed E-state index contributed by atoms with van der Waals surface area (Å²) in [5.74, 6) is 0.762. The van der Waals surface area contributed by atoms with Gasteiger partial charge >= 0.3 is 0 Å². The maximum Gasteiger partial charge on any atom is 0.264 e. The van der Waals surface area contributed by atoms with E-state index < -0.39 is 10.0 Å². The molecule has 0 saturated heterocycles. The molecular formula is C17H18N2O3S. The molecule has 2 aliphatic heterocycles. The second-order valence-corrected chi connectivity index (χ2v) is 7.63. The zero-order valence-electron chi connectivity index (χ0n) is 12.9. The van der Waals surface area contributed by atoms with Gasteiger partial charge in [0.15, 0.2) is 0 Å². The summed E-state index contributed by atoms with van der Waals surface area (Å²) in [4.78, 5) is 2.57. The molecule has 0 radical (unpaired) electrons. The predicted molar refractivity (Wildman–Crippen MR) is 89.9 cm³/mol. The highest BCUT2D eigenvalue weighted by molar-refractivity contribution is 7.93. The van der Waals surface area contributed by atoms with Gasteiger partial charge in [-0.1, -0.05) is 24.3 Å². The Morgan fingerprint density at radius 1 is 1.00 bits per heavy atom. The van der Waals surface area contributed by atoms with Crippen LogP contribution in [0.1, 0.15) is 5.56 Å². The van der Waals surface area contributed by atoms with Gasteiger partial charge < -0.3 is 9.64 Å². The Kier molecular flexibility index (Phi) is 3.23. The van der Waals surface area contributed by atoms with Crippen LogP contribution < -0.4 is 13.9 Å². The molecule has 23 heavy (non-hydrogen) atoms. The summed E-state index contributed by atoms with van der Waals surface area (Å²) in [7, 11) is -3.58. The lowest BCUT2D eigenvalue weighted by Crippen LogP contribution is -2.47. The normalized spacial score (nSPS) is 16.7. The first-order chi connectivity index (χ1) is 11.1. The zero-order valence-corrected chi connectivity index (χ0v) is 13.7. The van der Waals surface area contributed by atoms with Gasteiger partial charge in [0, 0.05) is 6.54 Å². The molecule has 0 atom stereocenters. The van der Waals surface area contributed by atoms with E-state index in [1.807, 2.05) is 37.3 Å². The van der Waals surface area contributed by atoms with Gasteiger partial charge in [0.25, 0.3) is 10.0 Å². The van der Waals surface area contributed by atoms with Crippen molar-refractivity contribution in [2.45, 2.75) is 11.8 Å². The van der Waals surface area contributed by atoms with Gasteiger partial charge in [-0.05, 0) is 30.7 Å². The van der Waals surface area contributed by atoms with E-state index in [2.05, 4.69) is 4.90 Å². The van der Waals surface area contributed by atoms with Crippen molar-refractivity contribution in [3.63, 3.8) is 0 Å². The van der Waals surface area contributed by atoms with Crippen LogP contribution in [0.2, 0.25) is 0 Å². The van der Waals surface area contributed by atoms with Crippen LogP contribution in [0.3, 0.4) is 0 Å². The molecule has 0 bridgehead atoms. The number of hydrogen-bond acceptors (Lipinski definition) is 4. The third kappa shape index (κ3) is 2.16. The standard InChI is InChI=1S/C17H18N2O3S/c1-13-5-2-3-8-16(13)23(20,21)19-10-9-18-11-12-22-15-7-4-6-14(19)17(15)18/h2-8H,9-12H2,1H3. The monoisotopic (exact) mass is 330 g/mol. The number of ether oxygens (including phenoxy) is 1. The van der Waals surface area contributed by atoms with Crippen LogP contribution in [0.15, 0.2) is 47.4 Å². The molecule has 0 fully saturated rings. The Morgan fingerprint density at radius 2 is 1.83 bits per heavy atom. The van der Waals surface area contributed by atoms with E-state index in [9.17, 15) is 8.42 Å². The molecule has 0 aliphatic carbocycles. The van der Waals surface area contributed by atoms with E-state index in [4.69, 9.17) is 4.74 Å². The molecule has 2 aromatic rings. The molecule has 120 valence electrons. The van der Waals surface area contributed by atoms with E-state index in [1.54, 1.807) is 12.1 Å². The van der Waals surface area contributed by atoms with Gasteiger partial charge in [-0.25, -0.2) is 8.42 Å². The smallest absolute Gasteiger partial charge is 0.264 e. The zero-order chi connectivity index (χ0) is 16.0. The Hall–Kier alpha value is -2.21. The van der Waals surface area contributed by atoms with Crippen LogP contribution in [0.4, 0.5) is 11.4 Å². The summed E-state index contributed by atoms with van der Waals surface area (Å²) < 4.78 is 33.5. The molecule has 0 unspecified atom stereocenters. The predicted octanol–water partition coefficient (Wildman–Crippen LogP) is 2.40. The first kappa shape index (κ1) is 14.4. The average molecular weight is 330 g/mol. The lowest BCUT2D eigenvalue weighted by atomic mass is 10.1. The summed E-state index contributed by atoms with van der Waals surface area (Å²) >= 11 is 0. The van der Waals surface area contributed by atoms with E-state index >= 15 is 0 Å². The van der Waals surface area contributed by atoms with Crippen molar-refractivity contribution in [2.75, 3.05) is 35.4 Å². The number of sulfonamides is 1. The van der Waals surface area contributed by atoms with Crippen LogP contribution in [0.5, 0.6) is 5.75 Å². The van der Waals surface area contributed by atoms with E-state index in [0.29, 0.717) is 30.3 Å². The van der Waals surface area contributed by atoms with Crippen molar-refractivity contribution in [3.05, 3.63) is 48.0 Å². The lowest BCUT2D eigenvalue weighted by molar-refractivity contribution is 0.307. The summed E-state index contributed by atoms with van der Waals surface area (Å²) in [6.07, 6.45) is 0. The topological polar surface area (TPSA) is 49.9 Å². The van der Waals surface area contributed by atoms with Gasteiger partial charge in [-0.15, -0.1) is 0 Å². The van der Waals surface area contributed by atoms with Gasteiger partial charge in [0.1, 0.15) is 18.0 Å². The third-order valence-corrected chi connectivity index (χ3v) is 6.39. The molecule has 4 rings (SSSR count). The van der Waals surface area contributed by atoms with Gasteiger partial charge in [0.2, 0.25) is 0 Å². The summed E-state index contributed by atoms with van der Waals surface area (Å²) in [5, 5.41) is 0. The van der Waals surface area contributed by atoms with Crippen LogP contribution in [0.25, 0.3) is 0 Å². The highest BCUT2D eigenvalue weighted by Gasteiger charge is 2.35. The number of hydrogen-bond donors (Lipinski definition) is 0. The Morgan fingerprint density at radius 3 is 2.65 bits per heavy atom. The molecule has 0 N–H and O–H groups in total. The van der Waals surface area contributed by atoms with Crippen LogP contribution in [0, 0.1) is 6.92 Å². The maximum atomic E-state index is 13.2. The largest absolute Gasteiger partial charge is 0.489 e. The van der Waals surface area contributed by atoms with Gasteiger partial charge in [-0.2, -0.15) is 0 Å². The summed E-state index contributed by atoms with van der Waals surface area (Å²) in [5.41, 5.74) is 2.36. The first-order valence-corrected chi connectivity index (χ1v) is 9.12. The highest BCUT2D eigenvalue weighted by atomic mass is 32.2. The van der Waals surface area contributed by atoms with E-state index in [1.165, 1.54) is 4.31 Å². The Bertz CT molecular complexity index is 864. The molecule has 2 aliphatic rings. The fourth-order valence-electron chi connectivity index (χ4n) is 3.29. The molecular weight excluding hydrogens is 312 g/mol. The average Bonchev–Trinajstić information content (AvgIpc) is 2.56. The highest BCUT2D eigenvalue weighted by Crippen LogP contribution is 2.44. The summed E-state index contributed by atoms with van der Waals surface area (Å²) in [6.45, 7) is 4.39. The van der Waals surface area contributed by atoms with E-state index in [0.717, 1.165) is 23.5 Å². The van der Waals surface area contributed by atoms with Gasteiger partial charge in [-0.3, -0.25) is 4.31 Å². The summed E-state index contributed by atoms with van der Waals surface area (Å²) in [6, 6.07) is 12.7. The van der Waals surface area contributed by atoms with Gasteiger partial charge in [0.05, 0.1) is 23.7 Å². The first-order valence-electron chi connectivity index (χ1n) is 7.68.